The number of hydrogen-bond acceptors (Lipinski definition) is 1. The van der Waals surface area contributed by atoms with Crippen LogP contribution in [0.25, 0.3) is 0 Å². The fraction of sp³-hybridized carbons (Fsp3) is 1.00. The van der Waals surface area contributed by atoms with Gasteiger partial charge in [-0.05, 0) is 6.42 Å². The molecule has 0 aliphatic carbocycles. The van der Waals surface area contributed by atoms with Gasteiger partial charge in [-0.3, -0.25) is 4.57 Å². The molecule has 0 aliphatic heterocycles. The van der Waals surface area contributed by atoms with E-state index in [1.165, 1.54) is 70.6 Å². The largest absolute Gasteiger partial charge is 2.00 e. The standard InChI is InChI=1S/C16H35O3P.Ca.2H/c1-2-3-4-5-6-7-8-9-10-11-12-13-14-15-16-20(17,18)19;;;/h2-16H2,1H3,(H2,17,18,19);;;/q;+2;2*-1. The second-order valence-electron chi connectivity index (χ2n) is 5.98. The summed E-state index contributed by atoms with van der Waals surface area (Å²) in [7, 11) is -3.75. The van der Waals surface area contributed by atoms with Crippen molar-refractivity contribution < 1.29 is 17.2 Å². The van der Waals surface area contributed by atoms with Gasteiger partial charge < -0.3 is 12.6 Å². The van der Waals surface area contributed by atoms with E-state index in [0.717, 1.165) is 12.8 Å². The van der Waals surface area contributed by atoms with Crippen LogP contribution in [-0.4, -0.2) is 53.7 Å². The van der Waals surface area contributed by atoms with E-state index >= 15 is 0 Å². The second-order valence-corrected chi connectivity index (χ2v) is 7.76. The molecule has 0 unspecified atom stereocenters. The molecule has 0 saturated heterocycles. The molecule has 0 fully saturated rings. The summed E-state index contributed by atoms with van der Waals surface area (Å²) in [5.41, 5.74) is 0. The molecule has 126 valence electrons. The minimum atomic E-state index is -3.75. The van der Waals surface area contributed by atoms with Crippen LogP contribution in [0.15, 0.2) is 0 Å². The van der Waals surface area contributed by atoms with Crippen molar-refractivity contribution in [2.45, 2.75) is 96.8 Å². The molecule has 0 bridgehead atoms. The maximum absolute atomic E-state index is 10.6. The topological polar surface area (TPSA) is 57.5 Å². The van der Waals surface area contributed by atoms with Crippen LogP contribution in [0, 0.1) is 0 Å². The Morgan fingerprint density at radius 3 is 1.24 bits per heavy atom. The maximum atomic E-state index is 10.6. The van der Waals surface area contributed by atoms with E-state index in [0.29, 0.717) is 6.42 Å². The molecule has 0 aromatic carbocycles. The van der Waals surface area contributed by atoms with Crippen LogP contribution >= 0.6 is 7.60 Å². The predicted molar refractivity (Wildman–Crippen MR) is 95.2 cm³/mol. The molecule has 21 heavy (non-hydrogen) atoms. The second kappa shape index (κ2) is 17.8. The van der Waals surface area contributed by atoms with E-state index in [-0.39, 0.29) is 46.8 Å². The van der Waals surface area contributed by atoms with Gasteiger partial charge in [0.2, 0.25) is 0 Å². The van der Waals surface area contributed by atoms with Crippen molar-refractivity contribution in [3.63, 3.8) is 0 Å². The van der Waals surface area contributed by atoms with Gasteiger partial charge in [0.15, 0.2) is 0 Å². The maximum Gasteiger partial charge on any atom is 2.00 e. The molecular formula is C16H37CaO3P. The number of unbranched alkanes of at least 4 members (excludes halogenated alkanes) is 13. The van der Waals surface area contributed by atoms with Crippen molar-refractivity contribution >= 4 is 45.3 Å². The van der Waals surface area contributed by atoms with E-state index in [2.05, 4.69) is 6.92 Å². The van der Waals surface area contributed by atoms with Crippen LogP contribution < -0.4 is 0 Å². The van der Waals surface area contributed by atoms with Crippen molar-refractivity contribution in [3.05, 3.63) is 0 Å². The molecule has 0 aromatic heterocycles. The molecule has 0 aromatic rings. The molecule has 2 N–H and O–H groups in total. The number of rotatable bonds is 15. The molecule has 0 radical (unpaired) electrons. The van der Waals surface area contributed by atoms with E-state index in [9.17, 15) is 4.57 Å². The third-order valence-corrected chi connectivity index (χ3v) is 4.70. The molecule has 5 heteroatoms. The summed E-state index contributed by atoms with van der Waals surface area (Å²) in [6.45, 7) is 2.26. The Labute approximate surface area is 164 Å². The summed E-state index contributed by atoms with van der Waals surface area (Å²) in [5, 5.41) is 0. The quantitative estimate of drug-likeness (QED) is 0.234. The summed E-state index contributed by atoms with van der Waals surface area (Å²) in [4.78, 5) is 17.4. The van der Waals surface area contributed by atoms with Gasteiger partial charge in [0.25, 0.3) is 0 Å². The van der Waals surface area contributed by atoms with Crippen LogP contribution in [0.3, 0.4) is 0 Å². The van der Waals surface area contributed by atoms with Crippen LogP contribution in [-0.2, 0) is 4.57 Å². The fourth-order valence-electron chi connectivity index (χ4n) is 2.51. The van der Waals surface area contributed by atoms with Gasteiger partial charge in [0.05, 0.1) is 0 Å². The summed E-state index contributed by atoms with van der Waals surface area (Å²) in [5.74, 6) is 0. The Morgan fingerprint density at radius 1 is 0.667 bits per heavy atom. The van der Waals surface area contributed by atoms with E-state index < -0.39 is 7.60 Å². The SMILES string of the molecule is CCCCCCCCCCCCCCCCP(=O)(O)O.[Ca+2].[H-].[H-]. The number of hydrogen-bond donors (Lipinski definition) is 2. The van der Waals surface area contributed by atoms with Crippen LogP contribution in [0.1, 0.15) is 99.7 Å². The van der Waals surface area contributed by atoms with Gasteiger partial charge in [-0.2, -0.15) is 0 Å². The van der Waals surface area contributed by atoms with Crippen LogP contribution in [0.5, 0.6) is 0 Å². The van der Waals surface area contributed by atoms with Crippen molar-refractivity contribution in [2.75, 3.05) is 6.16 Å². The molecule has 0 atom stereocenters. The molecule has 0 aliphatic rings. The van der Waals surface area contributed by atoms with Gasteiger partial charge in [-0.15, -0.1) is 0 Å². The zero-order valence-corrected chi connectivity index (χ0v) is 17.2. The average molecular weight is 349 g/mol. The first-order chi connectivity index (χ1) is 9.56. The first-order valence-corrected chi connectivity index (χ1v) is 10.4. The smallest absolute Gasteiger partial charge is 1.00 e. The molecule has 0 saturated carbocycles. The zero-order valence-electron chi connectivity index (χ0n) is 16.1. The molecule has 0 rings (SSSR count). The molecule has 0 heterocycles. The minimum Gasteiger partial charge on any atom is -1.00 e. The third kappa shape index (κ3) is 23.8. The normalized spacial score (nSPS) is 11.4. The van der Waals surface area contributed by atoms with E-state index in [1.54, 1.807) is 0 Å². The Bertz CT molecular complexity index is 253. The summed E-state index contributed by atoms with van der Waals surface area (Å²) in [6, 6.07) is 0. The van der Waals surface area contributed by atoms with Crippen molar-refractivity contribution in [3.8, 4) is 0 Å². The van der Waals surface area contributed by atoms with Gasteiger partial charge in [0, 0.05) is 6.16 Å². The summed E-state index contributed by atoms with van der Waals surface area (Å²) in [6.07, 6.45) is 17.7. The van der Waals surface area contributed by atoms with Gasteiger partial charge in [-0.1, -0.05) is 90.4 Å². The van der Waals surface area contributed by atoms with Crippen LogP contribution in [0.4, 0.5) is 0 Å². The third-order valence-electron chi connectivity index (χ3n) is 3.80. The fourth-order valence-corrected chi connectivity index (χ4v) is 3.15. The van der Waals surface area contributed by atoms with Gasteiger partial charge in [-0.25, -0.2) is 0 Å². The van der Waals surface area contributed by atoms with Crippen molar-refractivity contribution in [1.29, 1.82) is 0 Å². The zero-order chi connectivity index (χ0) is 15.1. The summed E-state index contributed by atoms with van der Waals surface area (Å²) < 4.78 is 10.6. The van der Waals surface area contributed by atoms with Crippen LogP contribution in [0.2, 0.25) is 0 Å². The first-order valence-electron chi connectivity index (χ1n) is 8.61. The Kier molecular flexibility index (Phi) is 20.9. The Hall–Kier alpha value is 1.41. The van der Waals surface area contributed by atoms with Crippen molar-refractivity contribution in [2.24, 2.45) is 0 Å². The molecular weight excluding hydrogens is 311 g/mol. The monoisotopic (exact) mass is 348 g/mol. The molecule has 0 amide bonds. The summed E-state index contributed by atoms with van der Waals surface area (Å²) >= 11 is 0. The van der Waals surface area contributed by atoms with E-state index in [4.69, 9.17) is 9.79 Å². The Morgan fingerprint density at radius 2 is 0.952 bits per heavy atom. The molecule has 0 spiro atoms. The van der Waals surface area contributed by atoms with Gasteiger partial charge in [0.1, 0.15) is 0 Å². The minimum absolute atomic E-state index is 0. The first kappa shape index (κ1) is 24.7. The van der Waals surface area contributed by atoms with Gasteiger partial charge >= 0.3 is 45.3 Å². The Balaban J connectivity index is -0.000000602. The van der Waals surface area contributed by atoms with Crippen molar-refractivity contribution in [1.82, 2.24) is 0 Å². The predicted octanol–water partition coefficient (Wildman–Crippen LogP) is 5.49. The molecule has 3 nitrogen and oxygen atoms in total. The average Bonchev–Trinajstić information content (AvgIpc) is 2.38. The van der Waals surface area contributed by atoms with E-state index in [1.807, 2.05) is 0 Å².